The van der Waals surface area contributed by atoms with Crippen molar-refractivity contribution in [2.24, 2.45) is 0 Å². The zero-order valence-corrected chi connectivity index (χ0v) is 13.7. The van der Waals surface area contributed by atoms with E-state index in [4.69, 9.17) is 4.43 Å². The predicted molar refractivity (Wildman–Crippen MR) is 83.2 cm³/mol. The summed E-state index contributed by atoms with van der Waals surface area (Å²) in [4.78, 5) is 0. The van der Waals surface area contributed by atoms with E-state index in [-0.39, 0.29) is 0 Å². The molecule has 1 aliphatic rings. The molecule has 1 nitrogen and oxygen atoms in total. The molecule has 0 saturated carbocycles. The zero-order valence-electron chi connectivity index (χ0n) is 12.7. The highest BCUT2D eigenvalue weighted by Gasteiger charge is 2.32. The third-order valence-electron chi connectivity index (χ3n) is 4.29. The van der Waals surface area contributed by atoms with Crippen molar-refractivity contribution in [1.29, 1.82) is 0 Å². The average molecular weight is 267 g/mol. The van der Waals surface area contributed by atoms with Gasteiger partial charge in [0.15, 0.2) is 0 Å². The summed E-state index contributed by atoms with van der Waals surface area (Å²) >= 11 is 0. The Balaban J connectivity index is 2.82. The van der Waals surface area contributed by atoms with Crippen molar-refractivity contribution in [1.82, 2.24) is 0 Å². The average Bonchev–Trinajstić information content (AvgIpc) is 2.44. The first-order valence-corrected chi connectivity index (χ1v) is 10.3. The van der Waals surface area contributed by atoms with Gasteiger partial charge < -0.3 is 4.43 Å². The van der Waals surface area contributed by atoms with Crippen LogP contribution in [0, 0.1) is 0 Å². The second-order valence-electron chi connectivity index (χ2n) is 5.34. The van der Waals surface area contributed by atoms with Gasteiger partial charge in [0.1, 0.15) is 0 Å². The number of hydrogen-bond acceptors (Lipinski definition) is 1. The van der Waals surface area contributed by atoms with Gasteiger partial charge in [-0.1, -0.05) is 46.3 Å². The summed E-state index contributed by atoms with van der Waals surface area (Å²) in [6.45, 7) is 9.19. The lowest BCUT2D eigenvalue weighted by Gasteiger charge is -2.32. The number of rotatable bonds is 8. The van der Waals surface area contributed by atoms with Crippen LogP contribution in [0.5, 0.6) is 0 Å². The molecule has 0 unspecified atom stereocenters. The standard InChI is InChI=1S/C16H30OSi/c1-5-9-12-15-13-10-11-14-16(15)17-18(6-2,7-3)8-4/h10,13H,5-9,11-12,14H2,1-4H3. The fourth-order valence-corrected chi connectivity index (χ4v) is 5.32. The minimum Gasteiger partial charge on any atom is -0.546 e. The number of allylic oxidation sites excluding steroid dienone is 4. The molecule has 1 rings (SSSR count). The fraction of sp³-hybridized carbons (Fsp3) is 0.750. The molecule has 0 aromatic carbocycles. The predicted octanol–water partition coefficient (Wildman–Crippen LogP) is 5.80. The molecule has 0 spiro atoms. The van der Waals surface area contributed by atoms with E-state index < -0.39 is 8.32 Å². The lowest BCUT2D eigenvalue weighted by Crippen LogP contribution is -2.35. The number of unbranched alkanes of at least 4 members (excludes halogenated alkanes) is 1. The molecular weight excluding hydrogens is 236 g/mol. The van der Waals surface area contributed by atoms with E-state index in [9.17, 15) is 0 Å². The summed E-state index contributed by atoms with van der Waals surface area (Å²) in [5.41, 5.74) is 1.48. The molecule has 1 aliphatic carbocycles. The highest BCUT2D eigenvalue weighted by Crippen LogP contribution is 2.31. The maximum Gasteiger partial charge on any atom is 0.250 e. The molecule has 0 heterocycles. The molecule has 18 heavy (non-hydrogen) atoms. The lowest BCUT2D eigenvalue weighted by atomic mass is 10.0. The summed E-state index contributed by atoms with van der Waals surface area (Å²) in [6, 6.07) is 3.73. The SMILES string of the molecule is CCCCC1=C(O[Si](CC)(CC)CC)CCC=C1. The topological polar surface area (TPSA) is 9.23 Å². The second-order valence-corrected chi connectivity index (χ2v) is 10.0. The largest absolute Gasteiger partial charge is 0.546 e. The highest BCUT2D eigenvalue weighted by atomic mass is 28.4. The maximum absolute atomic E-state index is 6.60. The third kappa shape index (κ3) is 4.01. The van der Waals surface area contributed by atoms with E-state index >= 15 is 0 Å². The van der Waals surface area contributed by atoms with Gasteiger partial charge >= 0.3 is 0 Å². The van der Waals surface area contributed by atoms with Crippen molar-refractivity contribution in [3.63, 3.8) is 0 Å². The molecule has 104 valence electrons. The number of hydrogen-bond donors (Lipinski definition) is 0. The van der Waals surface area contributed by atoms with Gasteiger partial charge in [0.25, 0.3) is 0 Å². The van der Waals surface area contributed by atoms with Gasteiger partial charge in [-0.3, -0.25) is 0 Å². The summed E-state index contributed by atoms with van der Waals surface area (Å²) in [7, 11) is -1.48. The third-order valence-corrected chi connectivity index (χ3v) is 8.83. The molecule has 0 aliphatic heterocycles. The Labute approximate surface area is 114 Å². The molecule has 0 atom stereocenters. The Morgan fingerprint density at radius 1 is 1.11 bits per heavy atom. The normalized spacial score (nSPS) is 16.2. The summed E-state index contributed by atoms with van der Waals surface area (Å²) < 4.78 is 6.60. The maximum atomic E-state index is 6.60. The van der Waals surface area contributed by atoms with Gasteiger partial charge in [-0.05, 0) is 43.0 Å². The van der Waals surface area contributed by atoms with Crippen LogP contribution in [0.2, 0.25) is 18.1 Å². The molecule has 2 heteroatoms. The van der Waals surface area contributed by atoms with E-state index in [1.165, 1.54) is 48.7 Å². The Morgan fingerprint density at radius 2 is 1.78 bits per heavy atom. The lowest BCUT2D eigenvalue weighted by molar-refractivity contribution is 0.375. The molecular formula is C16H30OSi. The van der Waals surface area contributed by atoms with E-state index in [1.54, 1.807) is 0 Å². The minimum atomic E-state index is -1.48. The molecule has 0 saturated heterocycles. The second kappa shape index (κ2) is 7.83. The van der Waals surface area contributed by atoms with Gasteiger partial charge in [0.05, 0.1) is 5.76 Å². The smallest absolute Gasteiger partial charge is 0.250 e. The monoisotopic (exact) mass is 266 g/mol. The van der Waals surface area contributed by atoms with Gasteiger partial charge in [-0.15, -0.1) is 0 Å². The Kier molecular flexibility index (Phi) is 6.76. The molecule has 0 fully saturated rings. The summed E-state index contributed by atoms with van der Waals surface area (Å²) in [6.07, 6.45) is 10.7. The molecule has 0 aromatic heterocycles. The van der Waals surface area contributed by atoms with E-state index in [0.29, 0.717) is 0 Å². The van der Waals surface area contributed by atoms with Crippen LogP contribution in [-0.4, -0.2) is 8.32 Å². The minimum absolute atomic E-state index is 1.13. The molecule has 0 bridgehead atoms. The van der Waals surface area contributed by atoms with Crippen LogP contribution in [-0.2, 0) is 4.43 Å². The van der Waals surface area contributed by atoms with Crippen LogP contribution in [0.3, 0.4) is 0 Å². The Morgan fingerprint density at radius 3 is 2.33 bits per heavy atom. The van der Waals surface area contributed by atoms with Crippen molar-refractivity contribution in [3.8, 4) is 0 Å². The van der Waals surface area contributed by atoms with Crippen LogP contribution in [0.25, 0.3) is 0 Å². The Bertz CT molecular complexity index is 292. The van der Waals surface area contributed by atoms with E-state index in [1.807, 2.05) is 0 Å². The quantitative estimate of drug-likeness (QED) is 0.504. The fourth-order valence-electron chi connectivity index (χ4n) is 2.63. The van der Waals surface area contributed by atoms with Gasteiger partial charge in [0, 0.05) is 6.42 Å². The van der Waals surface area contributed by atoms with Crippen LogP contribution in [0.4, 0.5) is 0 Å². The summed E-state index contributed by atoms with van der Waals surface area (Å²) in [5, 5.41) is 0. The first-order chi connectivity index (χ1) is 8.71. The molecule has 0 radical (unpaired) electrons. The summed E-state index contributed by atoms with van der Waals surface area (Å²) in [5.74, 6) is 1.34. The molecule has 0 aromatic rings. The molecule has 0 N–H and O–H groups in total. The van der Waals surface area contributed by atoms with Gasteiger partial charge in [-0.25, -0.2) is 0 Å². The van der Waals surface area contributed by atoms with Crippen LogP contribution in [0.15, 0.2) is 23.5 Å². The van der Waals surface area contributed by atoms with Crippen molar-refractivity contribution < 1.29 is 4.43 Å². The van der Waals surface area contributed by atoms with Crippen molar-refractivity contribution in [3.05, 3.63) is 23.5 Å². The van der Waals surface area contributed by atoms with Gasteiger partial charge in [0.2, 0.25) is 8.32 Å². The van der Waals surface area contributed by atoms with Gasteiger partial charge in [-0.2, -0.15) is 0 Å². The van der Waals surface area contributed by atoms with Crippen LogP contribution >= 0.6 is 0 Å². The molecule has 0 amide bonds. The van der Waals surface area contributed by atoms with E-state index in [0.717, 1.165) is 12.8 Å². The van der Waals surface area contributed by atoms with E-state index in [2.05, 4.69) is 39.8 Å². The van der Waals surface area contributed by atoms with Crippen LogP contribution in [0.1, 0.15) is 59.8 Å². The highest BCUT2D eigenvalue weighted by molar-refractivity contribution is 6.73. The van der Waals surface area contributed by atoms with Crippen molar-refractivity contribution in [2.45, 2.75) is 77.9 Å². The first kappa shape index (κ1) is 15.6. The van der Waals surface area contributed by atoms with Crippen LogP contribution < -0.4 is 0 Å². The van der Waals surface area contributed by atoms with Crippen molar-refractivity contribution >= 4 is 8.32 Å². The Hall–Kier alpha value is -0.503. The zero-order chi connectivity index (χ0) is 13.4. The van der Waals surface area contributed by atoms with Crippen molar-refractivity contribution in [2.75, 3.05) is 0 Å². The first-order valence-electron chi connectivity index (χ1n) is 7.78.